The van der Waals surface area contributed by atoms with Crippen LogP contribution in [-0.2, 0) is 0 Å². The van der Waals surface area contributed by atoms with E-state index >= 15 is 0 Å². The highest BCUT2D eigenvalue weighted by atomic mass is 16.3. The number of phenolic OH excluding ortho intramolecular Hbond substituents is 1. The molecule has 5 rings (SSSR count). The maximum atomic E-state index is 10.2. The molecule has 9 nitrogen and oxygen atoms in total. The molecule has 174 valence electrons. The van der Waals surface area contributed by atoms with Gasteiger partial charge in [0.25, 0.3) is 0 Å². The Bertz CT molecular complexity index is 1240. The van der Waals surface area contributed by atoms with Crippen molar-refractivity contribution >= 4 is 17.3 Å². The molecule has 9 heteroatoms. The van der Waals surface area contributed by atoms with Crippen LogP contribution in [0, 0.1) is 17.8 Å². The monoisotopic (exact) mass is 457 g/mol. The molecule has 2 fully saturated rings. The molecule has 1 aromatic carbocycles. The molecule has 4 N–H and O–H groups in total. The van der Waals surface area contributed by atoms with Gasteiger partial charge < -0.3 is 25.7 Å². The van der Waals surface area contributed by atoms with E-state index in [-0.39, 0.29) is 5.75 Å². The summed E-state index contributed by atoms with van der Waals surface area (Å²) in [6.45, 7) is 3.09. The minimum atomic E-state index is -0.596. The second kappa shape index (κ2) is 9.53. The van der Waals surface area contributed by atoms with E-state index in [1.807, 2.05) is 24.3 Å². The average Bonchev–Trinajstić information content (AvgIpc) is 3.71. The molecule has 2 aromatic heterocycles. The highest BCUT2D eigenvalue weighted by Crippen LogP contribution is 2.33. The smallest absolute Gasteiger partial charge is 0.206 e. The van der Waals surface area contributed by atoms with E-state index in [2.05, 4.69) is 41.8 Å². The van der Waals surface area contributed by atoms with E-state index in [0.29, 0.717) is 28.8 Å². The van der Waals surface area contributed by atoms with Crippen LogP contribution in [0.3, 0.4) is 0 Å². The van der Waals surface area contributed by atoms with Gasteiger partial charge in [-0.05, 0) is 55.4 Å². The van der Waals surface area contributed by atoms with E-state index < -0.39 is 6.10 Å². The van der Waals surface area contributed by atoms with Crippen molar-refractivity contribution in [1.29, 1.82) is 0 Å². The number of hydrogen-bond donors (Lipinski definition) is 3. The Hall–Kier alpha value is -3.90. The zero-order valence-corrected chi connectivity index (χ0v) is 18.8. The van der Waals surface area contributed by atoms with Gasteiger partial charge in [-0.1, -0.05) is 18.1 Å². The molecule has 0 bridgehead atoms. The number of aromatic hydroxyl groups is 1. The van der Waals surface area contributed by atoms with Crippen LogP contribution in [0.4, 0.5) is 17.3 Å². The Labute approximate surface area is 198 Å². The van der Waals surface area contributed by atoms with Gasteiger partial charge in [0, 0.05) is 37.9 Å². The minimum Gasteiger partial charge on any atom is -0.507 e. The van der Waals surface area contributed by atoms with Crippen LogP contribution in [0.25, 0.3) is 11.3 Å². The van der Waals surface area contributed by atoms with Gasteiger partial charge in [-0.15, -0.1) is 10.2 Å². The first-order valence-electron chi connectivity index (χ1n) is 11.5. The normalized spacial score (nSPS) is 17.0. The summed E-state index contributed by atoms with van der Waals surface area (Å²) in [4.78, 5) is 13.3. The van der Waals surface area contributed by atoms with E-state index in [0.717, 1.165) is 56.9 Å². The van der Waals surface area contributed by atoms with Crippen LogP contribution in [0.5, 0.6) is 5.75 Å². The second-order valence-electron chi connectivity index (χ2n) is 8.63. The highest BCUT2D eigenvalue weighted by molar-refractivity contribution is 5.74. The molecular weight excluding hydrogens is 430 g/mol. The van der Waals surface area contributed by atoms with Crippen molar-refractivity contribution in [3.05, 3.63) is 48.4 Å². The topological polar surface area (TPSA) is 125 Å². The molecule has 1 unspecified atom stereocenters. The van der Waals surface area contributed by atoms with Crippen LogP contribution in [0.1, 0.15) is 25.1 Å². The van der Waals surface area contributed by atoms with Gasteiger partial charge in [0.15, 0.2) is 5.82 Å². The largest absolute Gasteiger partial charge is 0.507 e. The third kappa shape index (κ3) is 4.87. The van der Waals surface area contributed by atoms with Crippen LogP contribution >= 0.6 is 0 Å². The van der Waals surface area contributed by atoms with Gasteiger partial charge in [-0.25, -0.2) is 9.97 Å². The fourth-order valence-corrected chi connectivity index (χ4v) is 4.11. The van der Waals surface area contributed by atoms with E-state index in [9.17, 15) is 10.2 Å². The number of benzene rings is 1. The molecule has 3 heterocycles. The molecule has 1 saturated heterocycles. The Morgan fingerprint density at radius 3 is 2.65 bits per heavy atom. The quantitative estimate of drug-likeness (QED) is 0.505. The molecule has 2 aliphatic rings. The number of aromatic nitrogens is 4. The number of nitrogens with zero attached hydrogens (tertiary/aromatic N) is 6. The van der Waals surface area contributed by atoms with Crippen molar-refractivity contribution in [3.8, 4) is 28.8 Å². The molecule has 0 spiro atoms. The molecular formula is C25H27N7O2. The maximum absolute atomic E-state index is 10.2. The number of aliphatic hydroxyl groups excluding tert-OH is 1. The third-order valence-corrected chi connectivity index (χ3v) is 6.18. The van der Waals surface area contributed by atoms with Gasteiger partial charge in [-0.3, -0.25) is 0 Å². The van der Waals surface area contributed by atoms with Crippen LogP contribution in [-0.4, -0.2) is 62.7 Å². The number of nitrogen functional groups attached to an aromatic ring is 1. The number of aliphatic hydroxyl groups is 1. The van der Waals surface area contributed by atoms with Crippen LogP contribution in [0.2, 0.25) is 0 Å². The first kappa shape index (κ1) is 21.9. The summed E-state index contributed by atoms with van der Waals surface area (Å²) in [6, 6.07) is 10.8. The number of para-hydroxylation sites is 1. The van der Waals surface area contributed by atoms with Gasteiger partial charge in [0.2, 0.25) is 5.82 Å². The predicted octanol–water partition coefficient (Wildman–Crippen LogP) is 2.06. The molecule has 0 amide bonds. The van der Waals surface area contributed by atoms with Crippen molar-refractivity contribution in [2.75, 3.05) is 41.7 Å². The van der Waals surface area contributed by atoms with Gasteiger partial charge in [0.05, 0.1) is 11.4 Å². The van der Waals surface area contributed by atoms with Crippen molar-refractivity contribution in [2.24, 2.45) is 5.92 Å². The van der Waals surface area contributed by atoms with Crippen molar-refractivity contribution < 1.29 is 10.2 Å². The molecule has 1 aliphatic carbocycles. The summed E-state index contributed by atoms with van der Waals surface area (Å²) in [7, 11) is 0. The van der Waals surface area contributed by atoms with Crippen molar-refractivity contribution in [3.63, 3.8) is 0 Å². The number of nitrogens with two attached hydrogens (primary N) is 1. The Balaban J connectivity index is 1.31. The van der Waals surface area contributed by atoms with E-state index in [4.69, 9.17) is 5.73 Å². The van der Waals surface area contributed by atoms with Crippen molar-refractivity contribution in [1.82, 2.24) is 20.2 Å². The highest BCUT2D eigenvalue weighted by Gasteiger charge is 2.28. The fourth-order valence-electron chi connectivity index (χ4n) is 4.11. The Morgan fingerprint density at radius 2 is 1.82 bits per heavy atom. The summed E-state index contributed by atoms with van der Waals surface area (Å²) in [5.74, 6) is 7.85. The summed E-state index contributed by atoms with van der Waals surface area (Å²) >= 11 is 0. The van der Waals surface area contributed by atoms with Gasteiger partial charge >= 0.3 is 0 Å². The molecule has 1 aliphatic heterocycles. The lowest BCUT2D eigenvalue weighted by molar-refractivity contribution is 0.209. The molecule has 1 saturated carbocycles. The predicted molar refractivity (Wildman–Crippen MR) is 130 cm³/mol. The van der Waals surface area contributed by atoms with Crippen molar-refractivity contribution in [2.45, 2.75) is 25.4 Å². The lowest BCUT2D eigenvalue weighted by Gasteiger charge is -2.25. The molecule has 34 heavy (non-hydrogen) atoms. The maximum Gasteiger partial charge on any atom is 0.206 e. The Morgan fingerprint density at radius 1 is 1.03 bits per heavy atom. The Kier molecular flexibility index (Phi) is 6.14. The van der Waals surface area contributed by atoms with E-state index in [1.54, 1.807) is 18.3 Å². The SMILES string of the molecule is Nc1nnc(-c2ccccc2O)cc1N1CCCN(c2ccnc(C#CC(O)C3CC3)n2)CC1. The molecule has 0 radical (unpaired) electrons. The number of hydrogen-bond acceptors (Lipinski definition) is 9. The third-order valence-electron chi connectivity index (χ3n) is 6.18. The minimum absolute atomic E-state index is 0.155. The first-order chi connectivity index (χ1) is 16.6. The van der Waals surface area contributed by atoms with Gasteiger partial charge in [0.1, 0.15) is 17.7 Å². The zero-order valence-electron chi connectivity index (χ0n) is 18.8. The van der Waals surface area contributed by atoms with Gasteiger partial charge in [-0.2, -0.15) is 0 Å². The standard InChI is InChI=1S/C25H27N7O2/c26-25-20(16-19(29-30-25)18-4-1-2-5-22(18)34)31-12-3-13-32(15-14-31)24-10-11-27-23(28-24)9-8-21(33)17-6-7-17/h1-2,4-5,10-11,16-17,21,33-34H,3,6-7,12-15H2,(H2,26,30). The first-order valence-corrected chi connectivity index (χ1v) is 11.5. The average molecular weight is 458 g/mol. The molecule has 1 atom stereocenters. The fraction of sp³-hybridized carbons (Fsp3) is 0.360. The number of rotatable bonds is 4. The summed E-state index contributed by atoms with van der Waals surface area (Å²) in [6.07, 6.45) is 4.08. The second-order valence-corrected chi connectivity index (χ2v) is 8.63. The van der Waals surface area contributed by atoms with E-state index in [1.165, 1.54) is 0 Å². The van der Waals surface area contributed by atoms with Crippen LogP contribution in [0.15, 0.2) is 42.6 Å². The summed E-state index contributed by atoms with van der Waals surface area (Å²) in [5, 5.41) is 28.5. The lowest BCUT2D eigenvalue weighted by Crippen LogP contribution is -2.31. The van der Waals surface area contributed by atoms with Crippen LogP contribution < -0.4 is 15.5 Å². The summed E-state index contributed by atoms with van der Waals surface area (Å²) in [5.41, 5.74) is 8.19. The number of anilines is 3. The number of phenols is 1. The zero-order chi connectivity index (χ0) is 23.5. The lowest BCUT2D eigenvalue weighted by atomic mass is 10.1. The summed E-state index contributed by atoms with van der Waals surface area (Å²) < 4.78 is 0. The molecule has 3 aromatic rings.